The van der Waals surface area contributed by atoms with Crippen molar-refractivity contribution in [1.82, 2.24) is 5.32 Å². The Kier molecular flexibility index (Phi) is 7.08. The van der Waals surface area contributed by atoms with Crippen LogP contribution in [-0.2, 0) is 19.3 Å². The van der Waals surface area contributed by atoms with Crippen LogP contribution in [0.25, 0.3) is 0 Å². The van der Waals surface area contributed by atoms with Crippen molar-refractivity contribution in [2.45, 2.75) is 66.2 Å². The SMILES string of the molecule is C=C(/C=C\C(=C/C)NC(=C)CCc1cccc2c1CC(C)(C)C2)CCC. The average molecular weight is 350 g/mol. The summed E-state index contributed by atoms with van der Waals surface area (Å²) in [5, 5.41) is 3.46. The number of rotatable bonds is 9. The molecular formula is C25H35N. The number of fused-ring (bicyclic) bond motifs is 1. The Morgan fingerprint density at radius 2 is 1.92 bits per heavy atom. The molecule has 0 saturated heterocycles. The highest BCUT2D eigenvalue weighted by atomic mass is 14.9. The third-order valence-electron chi connectivity index (χ3n) is 5.09. The van der Waals surface area contributed by atoms with Crippen molar-refractivity contribution in [3.63, 3.8) is 0 Å². The molecule has 1 aromatic carbocycles. The fourth-order valence-corrected chi connectivity index (χ4v) is 3.75. The molecule has 0 aliphatic heterocycles. The lowest BCUT2D eigenvalue weighted by molar-refractivity contribution is 0.392. The van der Waals surface area contributed by atoms with E-state index >= 15 is 0 Å². The lowest BCUT2D eigenvalue weighted by Gasteiger charge is -2.16. The summed E-state index contributed by atoms with van der Waals surface area (Å²) in [4.78, 5) is 0. The van der Waals surface area contributed by atoms with Crippen LogP contribution in [-0.4, -0.2) is 0 Å². The quantitative estimate of drug-likeness (QED) is 0.491. The van der Waals surface area contributed by atoms with Crippen molar-refractivity contribution in [1.29, 1.82) is 0 Å². The monoisotopic (exact) mass is 349 g/mol. The van der Waals surface area contributed by atoms with Gasteiger partial charge in [-0.3, -0.25) is 0 Å². The summed E-state index contributed by atoms with van der Waals surface area (Å²) in [5.74, 6) is 0. The van der Waals surface area contributed by atoms with Crippen LogP contribution in [0.4, 0.5) is 0 Å². The van der Waals surface area contributed by atoms with Crippen molar-refractivity contribution in [3.8, 4) is 0 Å². The van der Waals surface area contributed by atoms with Gasteiger partial charge in [-0.25, -0.2) is 0 Å². The van der Waals surface area contributed by atoms with E-state index in [1.807, 2.05) is 0 Å². The highest BCUT2D eigenvalue weighted by Gasteiger charge is 2.29. The summed E-state index contributed by atoms with van der Waals surface area (Å²) >= 11 is 0. The molecule has 26 heavy (non-hydrogen) atoms. The van der Waals surface area contributed by atoms with Gasteiger partial charge in [-0.2, -0.15) is 0 Å². The zero-order valence-electron chi connectivity index (χ0n) is 17.1. The maximum Gasteiger partial charge on any atom is 0.0338 e. The van der Waals surface area contributed by atoms with Crippen LogP contribution in [0.15, 0.2) is 66.6 Å². The van der Waals surface area contributed by atoms with E-state index in [1.165, 1.54) is 29.5 Å². The number of benzene rings is 1. The Bertz CT molecular complexity index is 716. The molecule has 0 aromatic heterocycles. The zero-order chi connectivity index (χ0) is 19.2. The van der Waals surface area contributed by atoms with Gasteiger partial charge in [0, 0.05) is 11.4 Å². The van der Waals surface area contributed by atoms with Gasteiger partial charge in [0.2, 0.25) is 0 Å². The lowest BCUT2D eigenvalue weighted by Crippen LogP contribution is -2.12. The number of aryl methyl sites for hydroxylation is 1. The van der Waals surface area contributed by atoms with Crippen molar-refractivity contribution < 1.29 is 0 Å². The van der Waals surface area contributed by atoms with Gasteiger partial charge in [-0.15, -0.1) is 0 Å². The summed E-state index contributed by atoms with van der Waals surface area (Å²) in [6.07, 6.45) is 12.9. The second-order valence-electron chi connectivity index (χ2n) is 8.29. The van der Waals surface area contributed by atoms with Crippen molar-refractivity contribution in [2.24, 2.45) is 5.41 Å². The van der Waals surface area contributed by atoms with E-state index in [4.69, 9.17) is 0 Å². The molecule has 0 amide bonds. The molecule has 2 rings (SSSR count). The van der Waals surface area contributed by atoms with Crippen LogP contribution in [0.1, 0.15) is 63.6 Å². The standard InChI is InChI=1S/C25H35N/c1-7-10-19(3)13-16-23(8-2)26-20(4)14-15-21-11-9-12-22-17-25(5,6)18-24(21)22/h8-9,11-13,16,26H,3-4,7,10,14-15,17-18H2,1-2,5-6H3/b16-13-,23-8+. The maximum atomic E-state index is 4.23. The Labute approximate surface area is 160 Å². The summed E-state index contributed by atoms with van der Waals surface area (Å²) in [5.41, 5.74) is 8.33. The van der Waals surface area contributed by atoms with Crippen molar-refractivity contribution in [2.75, 3.05) is 0 Å². The molecule has 0 saturated carbocycles. The first kappa shape index (κ1) is 20.3. The fraction of sp³-hybridized carbons (Fsp3) is 0.440. The number of allylic oxidation sites excluding steroid dienone is 5. The molecular weight excluding hydrogens is 314 g/mol. The Hall–Kier alpha value is -2.02. The van der Waals surface area contributed by atoms with Crippen molar-refractivity contribution in [3.05, 3.63) is 83.2 Å². The number of nitrogens with one attached hydrogen (secondary N) is 1. The Morgan fingerprint density at radius 3 is 2.62 bits per heavy atom. The van der Waals surface area contributed by atoms with E-state index < -0.39 is 0 Å². The van der Waals surface area contributed by atoms with Gasteiger partial charge in [-0.1, -0.05) is 76.3 Å². The first-order valence-electron chi connectivity index (χ1n) is 9.91. The maximum absolute atomic E-state index is 4.23. The van der Waals surface area contributed by atoms with Gasteiger partial charge in [0.05, 0.1) is 0 Å². The summed E-state index contributed by atoms with van der Waals surface area (Å²) < 4.78 is 0. The largest absolute Gasteiger partial charge is 0.360 e. The van der Waals surface area contributed by atoms with Crippen LogP contribution in [0, 0.1) is 5.41 Å². The third-order valence-corrected chi connectivity index (χ3v) is 5.09. The predicted octanol–water partition coefficient (Wildman–Crippen LogP) is 6.66. The molecule has 1 heteroatoms. The Balaban J connectivity index is 1.92. The summed E-state index contributed by atoms with van der Waals surface area (Å²) in [6.45, 7) is 17.3. The molecule has 0 radical (unpaired) electrons. The lowest BCUT2D eigenvalue weighted by atomic mass is 9.89. The van der Waals surface area contributed by atoms with E-state index in [-0.39, 0.29) is 0 Å². The Morgan fingerprint density at radius 1 is 1.15 bits per heavy atom. The van der Waals surface area contributed by atoms with Crippen molar-refractivity contribution >= 4 is 0 Å². The van der Waals surface area contributed by atoms with Crippen LogP contribution >= 0.6 is 0 Å². The topological polar surface area (TPSA) is 12.0 Å². The second kappa shape index (κ2) is 9.07. The van der Waals surface area contributed by atoms with Gasteiger partial charge in [-0.05, 0) is 67.2 Å². The minimum absolute atomic E-state index is 0.400. The van der Waals surface area contributed by atoms with Gasteiger partial charge in [0.1, 0.15) is 0 Å². The molecule has 1 aliphatic carbocycles. The molecule has 0 fully saturated rings. The van der Waals surface area contributed by atoms with Gasteiger partial charge in [0.25, 0.3) is 0 Å². The van der Waals surface area contributed by atoms with Crippen LogP contribution in [0.3, 0.4) is 0 Å². The molecule has 1 N–H and O–H groups in total. The normalized spacial score (nSPS) is 15.9. The molecule has 1 aromatic rings. The third kappa shape index (κ3) is 5.76. The first-order valence-corrected chi connectivity index (χ1v) is 9.91. The molecule has 1 nitrogen and oxygen atoms in total. The van der Waals surface area contributed by atoms with E-state index in [1.54, 1.807) is 5.56 Å². The summed E-state index contributed by atoms with van der Waals surface area (Å²) in [7, 11) is 0. The second-order valence-corrected chi connectivity index (χ2v) is 8.29. The number of hydrogen-bond donors (Lipinski definition) is 1. The molecule has 0 unspecified atom stereocenters. The van der Waals surface area contributed by atoms with Gasteiger partial charge >= 0.3 is 0 Å². The van der Waals surface area contributed by atoms with E-state index in [2.05, 4.69) is 82.6 Å². The van der Waals surface area contributed by atoms with Crippen LogP contribution < -0.4 is 5.32 Å². The minimum Gasteiger partial charge on any atom is -0.360 e. The molecule has 0 bridgehead atoms. The zero-order valence-corrected chi connectivity index (χ0v) is 17.1. The van der Waals surface area contributed by atoms with E-state index in [0.29, 0.717) is 5.41 Å². The predicted molar refractivity (Wildman–Crippen MR) is 115 cm³/mol. The molecule has 0 spiro atoms. The van der Waals surface area contributed by atoms with Gasteiger partial charge in [0.15, 0.2) is 0 Å². The highest BCUT2D eigenvalue weighted by Crippen LogP contribution is 2.38. The number of hydrogen-bond acceptors (Lipinski definition) is 1. The van der Waals surface area contributed by atoms with Gasteiger partial charge < -0.3 is 5.32 Å². The molecule has 0 atom stereocenters. The molecule has 0 heterocycles. The van der Waals surface area contributed by atoms with Crippen LogP contribution in [0.2, 0.25) is 0 Å². The first-order chi connectivity index (χ1) is 12.3. The van der Waals surface area contributed by atoms with Crippen LogP contribution in [0.5, 0.6) is 0 Å². The summed E-state index contributed by atoms with van der Waals surface area (Å²) in [6, 6.07) is 6.80. The molecule has 140 valence electrons. The minimum atomic E-state index is 0.400. The fourth-order valence-electron chi connectivity index (χ4n) is 3.75. The smallest absolute Gasteiger partial charge is 0.0338 e. The molecule has 1 aliphatic rings. The highest BCUT2D eigenvalue weighted by molar-refractivity contribution is 5.41. The average Bonchev–Trinajstić information content (AvgIpc) is 2.91. The van der Waals surface area contributed by atoms with E-state index in [0.717, 1.165) is 37.1 Å². The van der Waals surface area contributed by atoms with E-state index in [9.17, 15) is 0 Å².